The molecular formula is C18H18ClN3O. The van der Waals surface area contributed by atoms with Crippen LogP contribution in [-0.2, 0) is 6.61 Å². The summed E-state index contributed by atoms with van der Waals surface area (Å²) in [6.45, 7) is 2.00. The van der Waals surface area contributed by atoms with E-state index < -0.39 is 0 Å². The highest BCUT2D eigenvalue weighted by atomic mass is 35.5. The van der Waals surface area contributed by atoms with Crippen LogP contribution in [0.2, 0.25) is 5.02 Å². The average molecular weight is 328 g/mol. The smallest absolute Gasteiger partial charge is 0.116 e. The molecule has 0 saturated carbocycles. The van der Waals surface area contributed by atoms with Gasteiger partial charge in [-0.3, -0.25) is 4.99 Å². The first-order valence-electron chi connectivity index (χ1n) is 7.63. The van der Waals surface area contributed by atoms with Crippen LogP contribution in [0.4, 0.5) is 0 Å². The summed E-state index contributed by atoms with van der Waals surface area (Å²) in [7, 11) is 0. The SMILES string of the molecule is CC1=C(c2ccc(-c3cc(CO)ncn3)cc2Cl)N=CCCC1. The van der Waals surface area contributed by atoms with Crippen molar-refractivity contribution in [1.82, 2.24) is 9.97 Å². The summed E-state index contributed by atoms with van der Waals surface area (Å²) in [6, 6.07) is 7.62. The van der Waals surface area contributed by atoms with E-state index in [-0.39, 0.29) is 6.61 Å². The van der Waals surface area contributed by atoms with Gasteiger partial charge in [0.05, 0.1) is 28.7 Å². The second-order valence-corrected chi connectivity index (χ2v) is 5.99. The lowest BCUT2D eigenvalue weighted by Gasteiger charge is -2.10. The molecule has 0 unspecified atom stereocenters. The molecule has 0 atom stereocenters. The highest BCUT2D eigenvalue weighted by molar-refractivity contribution is 6.32. The number of allylic oxidation sites excluding steroid dienone is 1. The van der Waals surface area contributed by atoms with Gasteiger partial charge < -0.3 is 5.11 Å². The third-order valence-electron chi connectivity index (χ3n) is 3.92. The second-order valence-electron chi connectivity index (χ2n) is 5.58. The van der Waals surface area contributed by atoms with E-state index in [2.05, 4.69) is 21.9 Å². The van der Waals surface area contributed by atoms with E-state index in [0.717, 1.165) is 41.8 Å². The van der Waals surface area contributed by atoms with Crippen molar-refractivity contribution in [3.05, 3.63) is 52.4 Å². The fourth-order valence-electron chi connectivity index (χ4n) is 2.65. The molecule has 1 aromatic carbocycles. The van der Waals surface area contributed by atoms with Crippen molar-refractivity contribution in [1.29, 1.82) is 0 Å². The van der Waals surface area contributed by atoms with Gasteiger partial charge in [-0.15, -0.1) is 0 Å². The van der Waals surface area contributed by atoms with E-state index in [1.807, 2.05) is 24.4 Å². The van der Waals surface area contributed by atoms with Gasteiger partial charge in [0, 0.05) is 17.3 Å². The molecule has 0 aliphatic carbocycles. The molecule has 1 aromatic heterocycles. The van der Waals surface area contributed by atoms with Gasteiger partial charge >= 0.3 is 0 Å². The van der Waals surface area contributed by atoms with Crippen LogP contribution in [0.25, 0.3) is 17.0 Å². The van der Waals surface area contributed by atoms with Crippen molar-refractivity contribution in [3.63, 3.8) is 0 Å². The minimum absolute atomic E-state index is 0.109. The Morgan fingerprint density at radius 1 is 1.22 bits per heavy atom. The van der Waals surface area contributed by atoms with Crippen LogP contribution in [-0.4, -0.2) is 21.3 Å². The lowest BCUT2D eigenvalue weighted by Crippen LogP contribution is -1.94. The van der Waals surface area contributed by atoms with Gasteiger partial charge in [0.25, 0.3) is 0 Å². The van der Waals surface area contributed by atoms with Crippen molar-refractivity contribution >= 4 is 23.5 Å². The summed E-state index contributed by atoms with van der Waals surface area (Å²) in [5.41, 5.74) is 5.40. The van der Waals surface area contributed by atoms with E-state index in [1.165, 1.54) is 11.9 Å². The lowest BCUT2D eigenvalue weighted by atomic mass is 10.0. The summed E-state index contributed by atoms with van der Waals surface area (Å²) in [6.07, 6.45) is 6.58. The molecule has 118 valence electrons. The van der Waals surface area contributed by atoms with Crippen molar-refractivity contribution < 1.29 is 5.11 Å². The van der Waals surface area contributed by atoms with Gasteiger partial charge in [-0.05, 0) is 43.9 Å². The van der Waals surface area contributed by atoms with Gasteiger partial charge in [0.15, 0.2) is 0 Å². The molecule has 0 amide bonds. The van der Waals surface area contributed by atoms with Crippen LogP contribution in [0.15, 0.2) is 41.2 Å². The predicted molar refractivity (Wildman–Crippen MR) is 93.3 cm³/mol. The number of aliphatic hydroxyl groups excluding tert-OH is 1. The summed E-state index contributed by atoms with van der Waals surface area (Å²) < 4.78 is 0. The predicted octanol–water partition coefficient (Wildman–Crippen LogP) is 4.28. The first kappa shape index (κ1) is 15.8. The lowest BCUT2D eigenvalue weighted by molar-refractivity contribution is 0.276. The molecule has 3 rings (SSSR count). The van der Waals surface area contributed by atoms with Crippen LogP contribution in [0, 0.1) is 0 Å². The van der Waals surface area contributed by atoms with Gasteiger partial charge in [-0.2, -0.15) is 0 Å². The molecule has 0 bridgehead atoms. The Morgan fingerprint density at radius 3 is 2.87 bits per heavy atom. The monoisotopic (exact) mass is 327 g/mol. The number of aliphatic imine (C=N–C) groups is 1. The molecule has 1 N–H and O–H groups in total. The van der Waals surface area contributed by atoms with Gasteiger partial charge in [0.1, 0.15) is 6.33 Å². The molecule has 23 heavy (non-hydrogen) atoms. The van der Waals surface area contributed by atoms with Crippen molar-refractivity contribution in [3.8, 4) is 11.3 Å². The van der Waals surface area contributed by atoms with E-state index in [0.29, 0.717) is 10.7 Å². The van der Waals surface area contributed by atoms with E-state index >= 15 is 0 Å². The number of hydrogen-bond donors (Lipinski definition) is 1. The number of aliphatic hydroxyl groups is 1. The quantitative estimate of drug-likeness (QED) is 0.915. The molecule has 5 heteroatoms. The van der Waals surface area contributed by atoms with Crippen LogP contribution >= 0.6 is 11.6 Å². The molecular weight excluding hydrogens is 310 g/mol. The molecule has 1 aliphatic rings. The summed E-state index contributed by atoms with van der Waals surface area (Å²) in [4.78, 5) is 12.8. The summed E-state index contributed by atoms with van der Waals surface area (Å²) in [5, 5.41) is 9.85. The van der Waals surface area contributed by atoms with Gasteiger partial charge in [-0.1, -0.05) is 23.7 Å². The number of benzene rings is 1. The summed E-state index contributed by atoms with van der Waals surface area (Å²) >= 11 is 6.50. The fourth-order valence-corrected chi connectivity index (χ4v) is 2.92. The Kier molecular flexibility index (Phi) is 4.84. The van der Waals surface area contributed by atoms with Crippen molar-refractivity contribution in [2.45, 2.75) is 32.8 Å². The van der Waals surface area contributed by atoms with E-state index in [9.17, 15) is 5.11 Å². The van der Waals surface area contributed by atoms with Crippen LogP contribution in [0.1, 0.15) is 37.4 Å². The van der Waals surface area contributed by atoms with Crippen LogP contribution in [0.5, 0.6) is 0 Å². The third kappa shape index (κ3) is 3.49. The van der Waals surface area contributed by atoms with Crippen LogP contribution < -0.4 is 0 Å². The zero-order valence-electron chi connectivity index (χ0n) is 13.0. The maximum Gasteiger partial charge on any atom is 0.116 e. The standard InChI is InChI=1S/C18H18ClN3O/c1-12-4-2-3-7-20-18(12)15-6-5-13(8-16(15)19)17-9-14(10-23)21-11-22-17/h5-9,11,23H,2-4,10H2,1H3. The molecule has 0 fully saturated rings. The first-order valence-corrected chi connectivity index (χ1v) is 8.01. The first-order chi connectivity index (χ1) is 11.2. The van der Waals surface area contributed by atoms with Gasteiger partial charge in [0.2, 0.25) is 0 Å². The largest absolute Gasteiger partial charge is 0.390 e. The third-order valence-corrected chi connectivity index (χ3v) is 4.23. The Hall–Kier alpha value is -2.04. The number of halogens is 1. The van der Waals surface area contributed by atoms with Gasteiger partial charge in [-0.25, -0.2) is 9.97 Å². The Balaban J connectivity index is 2.00. The zero-order chi connectivity index (χ0) is 16.2. The second kappa shape index (κ2) is 7.02. The Morgan fingerprint density at radius 2 is 2.09 bits per heavy atom. The number of aromatic nitrogens is 2. The van der Waals surface area contributed by atoms with Crippen molar-refractivity contribution in [2.75, 3.05) is 0 Å². The molecule has 1 aliphatic heterocycles. The van der Waals surface area contributed by atoms with E-state index in [4.69, 9.17) is 11.6 Å². The Bertz CT molecular complexity index is 784. The molecule has 2 aromatic rings. The fraction of sp³-hybridized carbons (Fsp3) is 0.278. The van der Waals surface area contributed by atoms with Crippen molar-refractivity contribution in [2.24, 2.45) is 4.99 Å². The number of rotatable bonds is 3. The highest BCUT2D eigenvalue weighted by Crippen LogP contribution is 2.33. The molecule has 0 saturated heterocycles. The van der Waals surface area contributed by atoms with Crippen LogP contribution in [0.3, 0.4) is 0 Å². The normalized spacial score (nSPS) is 14.9. The van der Waals surface area contributed by atoms with E-state index in [1.54, 1.807) is 6.07 Å². The maximum atomic E-state index is 9.20. The Labute approximate surface area is 140 Å². The molecule has 2 heterocycles. The highest BCUT2D eigenvalue weighted by Gasteiger charge is 2.12. The number of hydrogen-bond acceptors (Lipinski definition) is 4. The number of nitrogens with zero attached hydrogens (tertiary/aromatic N) is 3. The minimum Gasteiger partial charge on any atom is -0.390 e. The zero-order valence-corrected chi connectivity index (χ0v) is 13.7. The minimum atomic E-state index is -0.109. The molecule has 0 spiro atoms. The summed E-state index contributed by atoms with van der Waals surface area (Å²) in [5.74, 6) is 0. The molecule has 0 radical (unpaired) electrons. The average Bonchev–Trinajstić information content (AvgIpc) is 2.79. The molecule has 4 nitrogen and oxygen atoms in total. The topological polar surface area (TPSA) is 58.4 Å². The maximum absolute atomic E-state index is 9.20.